The minimum absolute atomic E-state index is 0.00532. The number of anilines is 1. The zero-order valence-electron chi connectivity index (χ0n) is 15.8. The van der Waals surface area contributed by atoms with Crippen LogP contribution in [0, 0.1) is 13.8 Å². The second kappa shape index (κ2) is 7.05. The number of nitrogens with one attached hydrogen (secondary N) is 1. The molecule has 3 aromatic heterocycles. The highest BCUT2D eigenvalue weighted by Gasteiger charge is 2.14. The largest absolute Gasteiger partial charge is 0.317 e. The second-order valence-electron chi connectivity index (χ2n) is 6.75. The fourth-order valence-corrected chi connectivity index (χ4v) is 3.83. The third kappa shape index (κ3) is 3.34. The van der Waals surface area contributed by atoms with Gasteiger partial charge in [-0.05, 0) is 19.4 Å². The molecule has 1 aromatic carbocycles. The Bertz CT molecular complexity index is 1230. The lowest BCUT2D eigenvalue weighted by Crippen LogP contribution is -2.23. The number of benzene rings is 1. The van der Waals surface area contributed by atoms with E-state index in [0.29, 0.717) is 16.2 Å². The van der Waals surface area contributed by atoms with Crippen molar-refractivity contribution in [2.75, 3.05) is 5.32 Å². The molecule has 0 unspecified atom stereocenters. The Hall–Kier alpha value is -3.26. The standard InChI is InChI=1S/C20H19N5O2S/c1-12-4-6-14(7-5-12)15-10-28-20(22-15)23-16(26)9-25-11-21-17-13(2)8-24(3)19(27)18(17)25/h4-8,10-11H,9H2,1-3H3,(H,22,23,26). The minimum Gasteiger partial charge on any atom is -0.317 e. The van der Waals surface area contributed by atoms with Gasteiger partial charge in [-0.1, -0.05) is 29.8 Å². The van der Waals surface area contributed by atoms with E-state index < -0.39 is 0 Å². The van der Waals surface area contributed by atoms with Crippen LogP contribution in [0.5, 0.6) is 0 Å². The monoisotopic (exact) mass is 393 g/mol. The number of hydrogen-bond donors (Lipinski definition) is 1. The number of carbonyl (C=O) groups is 1. The molecule has 28 heavy (non-hydrogen) atoms. The first kappa shape index (κ1) is 18.1. The summed E-state index contributed by atoms with van der Waals surface area (Å²) in [5.41, 5.74) is 4.76. The Morgan fingerprint density at radius 2 is 1.96 bits per heavy atom. The molecular formula is C20H19N5O2S. The molecule has 1 amide bonds. The zero-order chi connectivity index (χ0) is 19.8. The van der Waals surface area contributed by atoms with Crippen LogP contribution in [0.15, 0.2) is 47.0 Å². The van der Waals surface area contributed by atoms with Crippen LogP contribution in [0.25, 0.3) is 22.3 Å². The van der Waals surface area contributed by atoms with Gasteiger partial charge in [-0.3, -0.25) is 9.59 Å². The Morgan fingerprint density at radius 1 is 1.21 bits per heavy atom. The van der Waals surface area contributed by atoms with Crippen molar-refractivity contribution in [1.29, 1.82) is 0 Å². The Kier molecular flexibility index (Phi) is 4.56. The number of hydrogen-bond acceptors (Lipinski definition) is 5. The molecule has 0 radical (unpaired) electrons. The van der Waals surface area contributed by atoms with Crippen molar-refractivity contribution in [2.45, 2.75) is 20.4 Å². The Morgan fingerprint density at radius 3 is 2.71 bits per heavy atom. The molecular weight excluding hydrogens is 374 g/mol. The molecule has 0 aliphatic carbocycles. The third-order valence-electron chi connectivity index (χ3n) is 4.53. The van der Waals surface area contributed by atoms with Crippen molar-refractivity contribution in [3.05, 3.63) is 63.7 Å². The van der Waals surface area contributed by atoms with Crippen molar-refractivity contribution in [3.63, 3.8) is 0 Å². The fourth-order valence-electron chi connectivity index (χ4n) is 3.09. The molecule has 0 saturated heterocycles. The topological polar surface area (TPSA) is 81.8 Å². The van der Waals surface area contributed by atoms with Crippen molar-refractivity contribution in [1.82, 2.24) is 19.1 Å². The lowest BCUT2D eigenvalue weighted by molar-refractivity contribution is -0.116. The minimum atomic E-state index is -0.257. The predicted molar refractivity (Wildman–Crippen MR) is 111 cm³/mol. The molecule has 0 bridgehead atoms. The lowest BCUT2D eigenvalue weighted by atomic mass is 10.1. The highest BCUT2D eigenvalue weighted by molar-refractivity contribution is 7.14. The van der Waals surface area contributed by atoms with Gasteiger partial charge in [0.2, 0.25) is 5.91 Å². The van der Waals surface area contributed by atoms with Crippen LogP contribution in [0.4, 0.5) is 5.13 Å². The van der Waals surface area contributed by atoms with E-state index in [1.807, 2.05) is 43.5 Å². The SMILES string of the molecule is Cc1ccc(-c2csc(NC(=O)Cn3cnc4c(C)cn(C)c(=O)c43)n2)cc1. The molecule has 1 N–H and O–H groups in total. The maximum absolute atomic E-state index is 12.5. The second-order valence-corrected chi connectivity index (χ2v) is 7.61. The normalized spacial score (nSPS) is 11.1. The number of imidazole rings is 1. The highest BCUT2D eigenvalue weighted by atomic mass is 32.1. The van der Waals surface area contributed by atoms with Gasteiger partial charge in [-0.15, -0.1) is 11.3 Å². The van der Waals surface area contributed by atoms with E-state index in [1.54, 1.807) is 17.8 Å². The molecule has 4 aromatic rings. The number of aromatic nitrogens is 4. The molecule has 8 heteroatoms. The molecule has 4 rings (SSSR count). The van der Waals surface area contributed by atoms with Gasteiger partial charge in [0.1, 0.15) is 12.1 Å². The van der Waals surface area contributed by atoms with E-state index in [4.69, 9.17) is 0 Å². The van der Waals surface area contributed by atoms with Gasteiger partial charge < -0.3 is 14.5 Å². The number of fused-ring (bicyclic) bond motifs is 1. The zero-order valence-corrected chi connectivity index (χ0v) is 16.6. The maximum Gasteiger partial charge on any atom is 0.276 e. The quantitative estimate of drug-likeness (QED) is 0.578. The number of pyridine rings is 1. The van der Waals surface area contributed by atoms with Gasteiger partial charge in [0.05, 0.1) is 17.5 Å². The fraction of sp³-hybridized carbons (Fsp3) is 0.200. The summed E-state index contributed by atoms with van der Waals surface area (Å²) in [4.78, 5) is 33.7. The van der Waals surface area contributed by atoms with Crippen LogP contribution in [-0.2, 0) is 18.4 Å². The molecule has 0 fully saturated rings. The molecule has 0 aliphatic rings. The smallest absolute Gasteiger partial charge is 0.276 e. The summed E-state index contributed by atoms with van der Waals surface area (Å²) in [6, 6.07) is 8.07. The van der Waals surface area contributed by atoms with Crippen molar-refractivity contribution >= 4 is 33.4 Å². The van der Waals surface area contributed by atoms with Gasteiger partial charge in [0.15, 0.2) is 5.13 Å². The predicted octanol–water partition coefficient (Wildman–Crippen LogP) is 3.11. The first-order valence-electron chi connectivity index (χ1n) is 8.76. The van der Waals surface area contributed by atoms with E-state index in [0.717, 1.165) is 16.8 Å². The Labute approximate surface area is 165 Å². The number of rotatable bonds is 4. The molecule has 7 nitrogen and oxygen atoms in total. The number of amides is 1. The molecule has 0 aliphatic heterocycles. The van der Waals surface area contributed by atoms with Gasteiger partial charge >= 0.3 is 0 Å². The average Bonchev–Trinajstić information content (AvgIpc) is 3.28. The summed E-state index contributed by atoms with van der Waals surface area (Å²) in [6.07, 6.45) is 3.27. The average molecular weight is 393 g/mol. The van der Waals surface area contributed by atoms with Crippen LogP contribution in [0.2, 0.25) is 0 Å². The molecule has 0 saturated carbocycles. The number of aryl methyl sites for hydroxylation is 3. The van der Waals surface area contributed by atoms with Crippen LogP contribution in [0.3, 0.4) is 0 Å². The number of thiazole rings is 1. The summed E-state index contributed by atoms with van der Waals surface area (Å²) in [5, 5.41) is 5.24. The molecule has 0 spiro atoms. The number of carbonyl (C=O) groups excluding carboxylic acids is 1. The first-order valence-corrected chi connectivity index (χ1v) is 9.64. The van der Waals surface area contributed by atoms with Crippen LogP contribution in [-0.4, -0.2) is 25.0 Å². The highest BCUT2D eigenvalue weighted by Crippen LogP contribution is 2.25. The van der Waals surface area contributed by atoms with Gasteiger partial charge in [-0.25, -0.2) is 9.97 Å². The van der Waals surface area contributed by atoms with E-state index in [1.165, 1.54) is 27.8 Å². The summed E-state index contributed by atoms with van der Waals surface area (Å²) >= 11 is 1.37. The van der Waals surface area contributed by atoms with E-state index in [9.17, 15) is 9.59 Å². The molecule has 0 atom stereocenters. The van der Waals surface area contributed by atoms with E-state index in [2.05, 4.69) is 15.3 Å². The van der Waals surface area contributed by atoms with Crippen molar-refractivity contribution in [3.8, 4) is 11.3 Å². The summed E-state index contributed by atoms with van der Waals surface area (Å²) in [6.45, 7) is 3.92. The number of nitrogens with zero attached hydrogens (tertiary/aromatic N) is 4. The third-order valence-corrected chi connectivity index (χ3v) is 5.29. The molecule has 142 valence electrons. The first-order chi connectivity index (χ1) is 13.4. The van der Waals surface area contributed by atoms with Gasteiger partial charge in [0, 0.05) is 24.2 Å². The van der Waals surface area contributed by atoms with Crippen molar-refractivity contribution < 1.29 is 4.79 Å². The lowest BCUT2D eigenvalue weighted by Gasteiger charge is -2.06. The molecule has 3 heterocycles. The maximum atomic E-state index is 12.5. The summed E-state index contributed by atoms with van der Waals surface area (Å²) < 4.78 is 3.08. The van der Waals surface area contributed by atoms with Crippen LogP contribution >= 0.6 is 11.3 Å². The van der Waals surface area contributed by atoms with Gasteiger partial charge in [0.25, 0.3) is 5.56 Å². The van der Waals surface area contributed by atoms with E-state index in [-0.39, 0.29) is 18.0 Å². The summed E-state index contributed by atoms with van der Waals surface area (Å²) in [5.74, 6) is -0.257. The Balaban J connectivity index is 1.54. The van der Waals surface area contributed by atoms with Gasteiger partial charge in [-0.2, -0.15) is 0 Å². The van der Waals surface area contributed by atoms with Crippen LogP contribution < -0.4 is 10.9 Å². The van der Waals surface area contributed by atoms with Crippen LogP contribution in [0.1, 0.15) is 11.1 Å². The van der Waals surface area contributed by atoms with Crippen molar-refractivity contribution in [2.24, 2.45) is 7.05 Å². The summed E-state index contributed by atoms with van der Waals surface area (Å²) in [7, 11) is 1.69. The van der Waals surface area contributed by atoms with E-state index >= 15 is 0 Å².